The van der Waals surface area contributed by atoms with Crippen LogP contribution < -0.4 is 4.90 Å². The molecule has 28 heavy (non-hydrogen) atoms. The standard InChI is InChI=1S/C20H13ClN2O5/c1-2-28-20(25)14-10-11(6-7-15(14)21)22-17-9-8-16(23(26)27)12-4-3-5-13(18(12)17)19(22)24/h3-10H,2H2,1H3. The van der Waals surface area contributed by atoms with E-state index in [4.69, 9.17) is 16.3 Å². The van der Waals surface area contributed by atoms with E-state index in [-0.39, 0.29) is 28.8 Å². The van der Waals surface area contributed by atoms with Crippen molar-refractivity contribution in [1.29, 1.82) is 0 Å². The first-order chi connectivity index (χ1) is 13.4. The summed E-state index contributed by atoms with van der Waals surface area (Å²) in [7, 11) is 0. The second-order valence-electron chi connectivity index (χ2n) is 6.11. The van der Waals surface area contributed by atoms with Crippen LogP contribution in [0.15, 0.2) is 48.5 Å². The van der Waals surface area contributed by atoms with Crippen LogP contribution in [0.5, 0.6) is 0 Å². The number of halogens is 1. The maximum absolute atomic E-state index is 13.1. The molecule has 0 aromatic heterocycles. The van der Waals surface area contributed by atoms with Gasteiger partial charge in [-0.25, -0.2) is 4.79 Å². The van der Waals surface area contributed by atoms with Crippen LogP contribution in [-0.2, 0) is 4.74 Å². The van der Waals surface area contributed by atoms with Gasteiger partial charge in [0.1, 0.15) is 0 Å². The molecule has 0 N–H and O–H groups in total. The third-order valence-corrected chi connectivity index (χ3v) is 4.90. The number of nitrogens with zero attached hydrogens (tertiary/aromatic N) is 2. The number of nitro benzene ring substituents is 1. The molecular formula is C20H13ClN2O5. The Hall–Kier alpha value is -3.45. The molecule has 8 heteroatoms. The topological polar surface area (TPSA) is 89.8 Å². The molecule has 0 bridgehead atoms. The zero-order valence-electron chi connectivity index (χ0n) is 14.6. The fourth-order valence-corrected chi connectivity index (χ4v) is 3.59. The van der Waals surface area contributed by atoms with Crippen molar-refractivity contribution in [2.24, 2.45) is 0 Å². The van der Waals surface area contributed by atoms with Gasteiger partial charge in [0.15, 0.2) is 0 Å². The first-order valence-electron chi connectivity index (χ1n) is 8.45. The predicted octanol–water partition coefficient (Wildman–Crippen LogP) is 4.87. The summed E-state index contributed by atoms with van der Waals surface area (Å²) in [5.41, 5.74) is 1.37. The molecule has 3 aromatic rings. The molecule has 3 aromatic carbocycles. The van der Waals surface area contributed by atoms with E-state index in [2.05, 4.69) is 0 Å². The van der Waals surface area contributed by atoms with Crippen LogP contribution in [0.2, 0.25) is 5.02 Å². The van der Waals surface area contributed by atoms with Gasteiger partial charge in [0.2, 0.25) is 0 Å². The normalized spacial score (nSPS) is 12.5. The molecular weight excluding hydrogens is 384 g/mol. The smallest absolute Gasteiger partial charge is 0.339 e. The number of carbonyl (C=O) groups excluding carboxylic acids is 2. The number of amides is 1. The van der Waals surface area contributed by atoms with Crippen LogP contribution in [0.4, 0.5) is 17.1 Å². The van der Waals surface area contributed by atoms with Gasteiger partial charge in [-0.1, -0.05) is 17.7 Å². The third-order valence-electron chi connectivity index (χ3n) is 4.57. The molecule has 1 aliphatic rings. The summed E-state index contributed by atoms with van der Waals surface area (Å²) in [6.07, 6.45) is 0. The van der Waals surface area contributed by atoms with Gasteiger partial charge >= 0.3 is 5.97 Å². The molecule has 140 valence electrons. The quantitative estimate of drug-likeness (QED) is 0.356. The van der Waals surface area contributed by atoms with E-state index in [0.29, 0.717) is 27.7 Å². The predicted molar refractivity (Wildman–Crippen MR) is 104 cm³/mol. The van der Waals surface area contributed by atoms with E-state index in [1.54, 1.807) is 31.2 Å². The fraction of sp³-hybridized carbons (Fsp3) is 0.100. The number of non-ortho nitro benzene ring substituents is 1. The van der Waals surface area contributed by atoms with E-state index in [0.717, 1.165) is 0 Å². The van der Waals surface area contributed by atoms with Crippen LogP contribution in [0.25, 0.3) is 10.8 Å². The van der Waals surface area contributed by atoms with E-state index in [1.807, 2.05) is 0 Å². The highest BCUT2D eigenvalue weighted by molar-refractivity contribution is 6.34. The molecule has 0 saturated carbocycles. The van der Waals surface area contributed by atoms with Crippen molar-refractivity contribution in [2.45, 2.75) is 6.92 Å². The minimum Gasteiger partial charge on any atom is -0.462 e. The molecule has 0 radical (unpaired) electrons. The largest absolute Gasteiger partial charge is 0.462 e. The highest BCUT2D eigenvalue weighted by atomic mass is 35.5. The molecule has 1 aliphatic heterocycles. The Morgan fingerprint density at radius 2 is 2.00 bits per heavy atom. The summed E-state index contributed by atoms with van der Waals surface area (Å²) in [6, 6.07) is 12.4. The average molecular weight is 397 g/mol. The lowest BCUT2D eigenvalue weighted by Crippen LogP contribution is -2.21. The van der Waals surface area contributed by atoms with Crippen LogP contribution >= 0.6 is 11.6 Å². The first-order valence-corrected chi connectivity index (χ1v) is 8.83. The number of hydrogen-bond acceptors (Lipinski definition) is 5. The van der Waals surface area contributed by atoms with Crippen molar-refractivity contribution in [3.63, 3.8) is 0 Å². The van der Waals surface area contributed by atoms with Gasteiger partial charge in [0, 0.05) is 11.5 Å². The number of esters is 1. The van der Waals surface area contributed by atoms with E-state index in [1.165, 1.54) is 29.2 Å². The zero-order valence-corrected chi connectivity index (χ0v) is 15.4. The van der Waals surface area contributed by atoms with Crippen LogP contribution in [-0.4, -0.2) is 23.4 Å². The Morgan fingerprint density at radius 1 is 1.21 bits per heavy atom. The summed E-state index contributed by atoms with van der Waals surface area (Å²) in [5, 5.41) is 12.5. The lowest BCUT2D eigenvalue weighted by atomic mass is 10.0. The van der Waals surface area contributed by atoms with E-state index < -0.39 is 10.9 Å². The van der Waals surface area contributed by atoms with E-state index >= 15 is 0 Å². The maximum atomic E-state index is 13.1. The third kappa shape index (κ3) is 2.59. The Labute approximate surface area is 164 Å². The molecule has 1 heterocycles. The lowest BCUT2D eigenvalue weighted by molar-refractivity contribution is -0.383. The second-order valence-corrected chi connectivity index (χ2v) is 6.52. The molecule has 0 fully saturated rings. The maximum Gasteiger partial charge on any atom is 0.339 e. The Kier molecular flexibility index (Phi) is 4.24. The molecule has 0 aliphatic carbocycles. The van der Waals surface area contributed by atoms with Crippen molar-refractivity contribution >= 4 is 51.3 Å². The van der Waals surface area contributed by atoms with Crippen molar-refractivity contribution in [2.75, 3.05) is 11.5 Å². The summed E-state index contributed by atoms with van der Waals surface area (Å²) < 4.78 is 5.01. The summed E-state index contributed by atoms with van der Waals surface area (Å²) in [6.45, 7) is 1.88. The molecule has 0 atom stereocenters. The van der Waals surface area contributed by atoms with Gasteiger partial charge in [-0.3, -0.25) is 19.8 Å². The SMILES string of the molecule is CCOC(=O)c1cc(N2C(=O)c3cccc4c([N+](=O)[O-])ccc2c34)ccc1Cl. The highest BCUT2D eigenvalue weighted by Gasteiger charge is 2.33. The van der Waals surface area contributed by atoms with Crippen LogP contribution in [0, 0.1) is 10.1 Å². The second kappa shape index (κ2) is 6.61. The van der Waals surface area contributed by atoms with Crippen molar-refractivity contribution in [3.8, 4) is 0 Å². The minimum absolute atomic E-state index is 0.0708. The summed E-state index contributed by atoms with van der Waals surface area (Å²) >= 11 is 6.12. The van der Waals surface area contributed by atoms with Crippen molar-refractivity contribution < 1.29 is 19.2 Å². The monoisotopic (exact) mass is 396 g/mol. The number of anilines is 2. The van der Waals surface area contributed by atoms with Gasteiger partial charge in [0.25, 0.3) is 11.6 Å². The van der Waals surface area contributed by atoms with Gasteiger partial charge in [-0.05, 0) is 43.3 Å². The minimum atomic E-state index is -0.590. The number of nitro groups is 1. The first kappa shape index (κ1) is 17.9. The average Bonchev–Trinajstić information content (AvgIpc) is 2.96. The Morgan fingerprint density at radius 3 is 2.71 bits per heavy atom. The number of hydrogen-bond donors (Lipinski definition) is 0. The Bertz CT molecular complexity index is 1170. The molecule has 0 saturated heterocycles. The number of benzene rings is 3. The van der Waals surface area contributed by atoms with Crippen LogP contribution in [0.3, 0.4) is 0 Å². The van der Waals surface area contributed by atoms with Gasteiger partial charge in [-0.2, -0.15) is 0 Å². The molecule has 1 amide bonds. The number of rotatable bonds is 4. The molecule has 7 nitrogen and oxygen atoms in total. The van der Waals surface area contributed by atoms with Crippen LogP contribution in [0.1, 0.15) is 27.6 Å². The fourth-order valence-electron chi connectivity index (χ4n) is 3.40. The molecule has 0 spiro atoms. The van der Waals surface area contributed by atoms with E-state index in [9.17, 15) is 19.7 Å². The van der Waals surface area contributed by atoms with Crippen molar-refractivity contribution in [3.05, 3.63) is 74.8 Å². The molecule has 4 rings (SSSR count). The Balaban J connectivity index is 1.91. The van der Waals surface area contributed by atoms with Gasteiger partial charge in [-0.15, -0.1) is 0 Å². The van der Waals surface area contributed by atoms with Gasteiger partial charge < -0.3 is 4.74 Å². The number of carbonyl (C=O) groups is 2. The highest BCUT2D eigenvalue weighted by Crippen LogP contribution is 2.44. The zero-order chi connectivity index (χ0) is 20.0. The van der Waals surface area contributed by atoms with Gasteiger partial charge in [0.05, 0.1) is 44.4 Å². The molecule has 0 unspecified atom stereocenters. The lowest BCUT2D eigenvalue weighted by Gasteiger charge is -2.19. The number of ether oxygens (including phenoxy) is 1. The summed E-state index contributed by atoms with van der Waals surface area (Å²) in [5.74, 6) is -0.925. The van der Waals surface area contributed by atoms with Crippen molar-refractivity contribution in [1.82, 2.24) is 0 Å². The summed E-state index contributed by atoms with van der Waals surface area (Å²) in [4.78, 5) is 37.5.